The molecule has 1 aromatic heterocycles. The van der Waals surface area contributed by atoms with Crippen LogP contribution in [0.15, 0.2) is 29.6 Å². The third-order valence-corrected chi connectivity index (χ3v) is 3.20. The fourth-order valence-electron chi connectivity index (χ4n) is 1.32. The van der Waals surface area contributed by atoms with Crippen molar-refractivity contribution in [3.05, 3.63) is 40.4 Å². The minimum atomic E-state index is 0.638. The average molecular weight is 239 g/mol. The van der Waals surface area contributed by atoms with Gasteiger partial charge in [-0.25, -0.2) is 4.98 Å². The van der Waals surface area contributed by atoms with Crippen LogP contribution in [0.3, 0.4) is 0 Å². The predicted octanol–water partition coefficient (Wildman–Crippen LogP) is 2.96. The molecule has 0 aliphatic rings. The molecule has 2 rings (SSSR count). The smallest absolute Gasteiger partial charge is 0.123 e. The average Bonchev–Trinajstić information content (AvgIpc) is 2.67. The molecule has 2 aromatic rings. The van der Waals surface area contributed by atoms with E-state index in [-0.39, 0.29) is 0 Å². The van der Waals surface area contributed by atoms with Crippen LogP contribution in [0.1, 0.15) is 5.69 Å². The highest BCUT2D eigenvalue weighted by Crippen LogP contribution is 2.25. The summed E-state index contributed by atoms with van der Waals surface area (Å²) in [7, 11) is 0. The number of aromatic nitrogens is 1. The van der Waals surface area contributed by atoms with Gasteiger partial charge in [-0.3, -0.25) is 0 Å². The lowest BCUT2D eigenvalue weighted by Gasteiger charge is -1.96. The standard InChI is InChI=1S/C11H11ClN2S/c12-9-3-1-2-8(6-9)11-14-10(4-5-13)7-15-11/h1-3,6-7H,4-5,13H2. The van der Waals surface area contributed by atoms with Crippen LogP contribution in [-0.4, -0.2) is 11.5 Å². The van der Waals surface area contributed by atoms with Crippen molar-refractivity contribution in [2.24, 2.45) is 5.73 Å². The van der Waals surface area contributed by atoms with E-state index in [1.807, 2.05) is 29.6 Å². The third kappa shape index (κ3) is 2.56. The maximum atomic E-state index is 5.92. The number of benzene rings is 1. The predicted molar refractivity (Wildman–Crippen MR) is 65.3 cm³/mol. The second-order valence-electron chi connectivity index (χ2n) is 3.19. The number of hydrogen-bond donors (Lipinski definition) is 1. The van der Waals surface area contributed by atoms with Gasteiger partial charge in [0.25, 0.3) is 0 Å². The van der Waals surface area contributed by atoms with Crippen molar-refractivity contribution in [2.75, 3.05) is 6.54 Å². The third-order valence-electron chi connectivity index (χ3n) is 2.02. The molecule has 0 unspecified atom stereocenters. The lowest BCUT2D eigenvalue weighted by atomic mass is 10.2. The number of nitrogens with two attached hydrogens (primary N) is 1. The normalized spacial score (nSPS) is 10.5. The van der Waals surface area contributed by atoms with E-state index < -0.39 is 0 Å². The molecule has 0 radical (unpaired) electrons. The summed E-state index contributed by atoms with van der Waals surface area (Å²) in [6.07, 6.45) is 0.830. The second kappa shape index (κ2) is 4.75. The minimum Gasteiger partial charge on any atom is -0.330 e. The fourth-order valence-corrected chi connectivity index (χ4v) is 2.37. The van der Waals surface area contributed by atoms with Crippen LogP contribution in [0.4, 0.5) is 0 Å². The minimum absolute atomic E-state index is 0.638. The van der Waals surface area contributed by atoms with Crippen LogP contribution in [0.2, 0.25) is 5.02 Å². The first kappa shape index (κ1) is 10.6. The first-order valence-corrected chi connectivity index (χ1v) is 5.96. The maximum absolute atomic E-state index is 5.92. The van der Waals surface area contributed by atoms with Crippen molar-refractivity contribution in [2.45, 2.75) is 6.42 Å². The van der Waals surface area contributed by atoms with Crippen molar-refractivity contribution >= 4 is 22.9 Å². The largest absolute Gasteiger partial charge is 0.330 e. The Kier molecular flexibility index (Phi) is 3.36. The highest BCUT2D eigenvalue weighted by atomic mass is 35.5. The molecule has 0 saturated heterocycles. The van der Waals surface area contributed by atoms with Gasteiger partial charge in [0.05, 0.1) is 5.69 Å². The molecular weight excluding hydrogens is 228 g/mol. The van der Waals surface area contributed by atoms with E-state index in [4.69, 9.17) is 17.3 Å². The van der Waals surface area contributed by atoms with Crippen molar-refractivity contribution in [3.8, 4) is 10.6 Å². The summed E-state index contributed by atoms with van der Waals surface area (Å²) >= 11 is 7.55. The highest BCUT2D eigenvalue weighted by Gasteiger charge is 2.04. The van der Waals surface area contributed by atoms with Crippen LogP contribution in [0.25, 0.3) is 10.6 Å². The number of hydrogen-bond acceptors (Lipinski definition) is 3. The molecule has 0 saturated carbocycles. The quantitative estimate of drug-likeness (QED) is 0.893. The molecule has 0 atom stereocenters. The molecule has 2 nitrogen and oxygen atoms in total. The van der Waals surface area contributed by atoms with Crippen LogP contribution < -0.4 is 5.73 Å². The van der Waals surface area contributed by atoms with E-state index in [0.717, 1.165) is 27.7 Å². The van der Waals surface area contributed by atoms with Crippen LogP contribution in [-0.2, 0) is 6.42 Å². The van der Waals surface area contributed by atoms with Gasteiger partial charge >= 0.3 is 0 Å². The molecule has 15 heavy (non-hydrogen) atoms. The molecule has 1 aromatic carbocycles. The fraction of sp³-hybridized carbons (Fsp3) is 0.182. The van der Waals surface area contributed by atoms with Gasteiger partial charge in [0.1, 0.15) is 5.01 Å². The Bertz CT molecular complexity index is 453. The first-order chi connectivity index (χ1) is 7.29. The van der Waals surface area contributed by atoms with Crippen molar-refractivity contribution in [3.63, 3.8) is 0 Å². The van der Waals surface area contributed by atoms with Gasteiger partial charge in [0.15, 0.2) is 0 Å². The molecule has 0 fully saturated rings. The highest BCUT2D eigenvalue weighted by molar-refractivity contribution is 7.13. The van der Waals surface area contributed by atoms with Gasteiger partial charge < -0.3 is 5.73 Å². The van der Waals surface area contributed by atoms with Gasteiger partial charge in [-0.2, -0.15) is 0 Å². The Morgan fingerprint density at radius 1 is 1.40 bits per heavy atom. The molecule has 78 valence electrons. The first-order valence-electron chi connectivity index (χ1n) is 4.70. The Morgan fingerprint density at radius 2 is 2.27 bits per heavy atom. The zero-order chi connectivity index (χ0) is 10.7. The van der Waals surface area contributed by atoms with E-state index in [0.29, 0.717) is 6.54 Å². The molecule has 4 heteroatoms. The Hall–Kier alpha value is -0.900. The summed E-state index contributed by atoms with van der Waals surface area (Å²) in [5, 5.41) is 3.78. The molecule has 0 aliphatic carbocycles. The summed E-state index contributed by atoms with van der Waals surface area (Å²) < 4.78 is 0. The molecule has 2 N–H and O–H groups in total. The SMILES string of the molecule is NCCc1csc(-c2cccc(Cl)c2)n1. The van der Waals surface area contributed by atoms with E-state index in [2.05, 4.69) is 4.98 Å². The van der Waals surface area contributed by atoms with E-state index in [1.54, 1.807) is 11.3 Å². The molecule has 0 aliphatic heterocycles. The summed E-state index contributed by atoms with van der Waals surface area (Å²) in [5.74, 6) is 0. The van der Waals surface area contributed by atoms with Crippen LogP contribution >= 0.6 is 22.9 Å². The zero-order valence-corrected chi connectivity index (χ0v) is 9.68. The van der Waals surface area contributed by atoms with Crippen molar-refractivity contribution in [1.29, 1.82) is 0 Å². The van der Waals surface area contributed by atoms with E-state index in [9.17, 15) is 0 Å². The van der Waals surface area contributed by atoms with Crippen molar-refractivity contribution < 1.29 is 0 Å². The van der Waals surface area contributed by atoms with Crippen molar-refractivity contribution in [1.82, 2.24) is 4.98 Å². The van der Waals surface area contributed by atoms with E-state index >= 15 is 0 Å². The summed E-state index contributed by atoms with van der Waals surface area (Å²) in [6, 6.07) is 7.73. The zero-order valence-electron chi connectivity index (χ0n) is 8.11. The maximum Gasteiger partial charge on any atom is 0.123 e. The topological polar surface area (TPSA) is 38.9 Å². The number of nitrogens with zero attached hydrogens (tertiary/aromatic N) is 1. The van der Waals surface area contributed by atoms with Gasteiger partial charge in [-0.15, -0.1) is 11.3 Å². The summed E-state index contributed by atoms with van der Waals surface area (Å²) in [6.45, 7) is 0.638. The number of halogens is 1. The van der Waals surface area contributed by atoms with Gasteiger partial charge in [-0.1, -0.05) is 23.7 Å². The molecule has 0 spiro atoms. The molecule has 0 bridgehead atoms. The molecule has 1 heterocycles. The lowest BCUT2D eigenvalue weighted by Crippen LogP contribution is -2.02. The van der Waals surface area contributed by atoms with Gasteiger partial charge in [0.2, 0.25) is 0 Å². The molecular formula is C11H11ClN2S. The van der Waals surface area contributed by atoms with Crippen LogP contribution in [0, 0.1) is 0 Å². The summed E-state index contributed by atoms with van der Waals surface area (Å²) in [4.78, 5) is 4.49. The lowest BCUT2D eigenvalue weighted by molar-refractivity contribution is 0.936. The molecule has 0 amide bonds. The van der Waals surface area contributed by atoms with Gasteiger partial charge in [0, 0.05) is 22.4 Å². The van der Waals surface area contributed by atoms with Gasteiger partial charge in [-0.05, 0) is 18.7 Å². The van der Waals surface area contributed by atoms with E-state index in [1.165, 1.54) is 0 Å². The number of rotatable bonds is 3. The summed E-state index contributed by atoms with van der Waals surface area (Å²) in [5.41, 5.74) is 7.59. The second-order valence-corrected chi connectivity index (χ2v) is 4.49. The Balaban J connectivity index is 2.29. The van der Waals surface area contributed by atoms with Crippen LogP contribution in [0.5, 0.6) is 0 Å². The Morgan fingerprint density at radius 3 is 3.00 bits per heavy atom. The Labute approximate surface area is 97.7 Å². The monoisotopic (exact) mass is 238 g/mol. The number of thiazole rings is 1.